The Morgan fingerprint density at radius 2 is 1.73 bits per heavy atom. The standard InChI is InChI=1S/C13H18O2/c1-3-13(4-2,10-12(14)15)11-8-6-5-7-9-11/h5-9H,3-4,10H2,1-2H3,(H,14,15). The van der Waals surface area contributed by atoms with E-state index >= 15 is 0 Å². The summed E-state index contributed by atoms with van der Waals surface area (Å²) in [5.41, 5.74) is 0.935. The van der Waals surface area contributed by atoms with Gasteiger partial charge < -0.3 is 5.11 Å². The van der Waals surface area contributed by atoms with Crippen molar-refractivity contribution < 1.29 is 9.90 Å². The lowest BCUT2D eigenvalue weighted by Crippen LogP contribution is -2.27. The van der Waals surface area contributed by atoms with E-state index in [1.165, 1.54) is 0 Å². The first kappa shape index (κ1) is 11.8. The number of carboxylic acid groups (broad SMARTS) is 1. The molecule has 0 aromatic heterocycles. The number of aliphatic carboxylic acids is 1. The van der Waals surface area contributed by atoms with Gasteiger partial charge in [-0.1, -0.05) is 44.2 Å². The van der Waals surface area contributed by atoms with E-state index in [0.29, 0.717) is 0 Å². The largest absolute Gasteiger partial charge is 0.481 e. The minimum Gasteiger partial charge on any atom is -0.481 e. The summed E-state index contributed by atoms with van der Waals surface area (Å²) in [5.74, 6) is -0.720. The fraction of sp³-hybridized carbons (Fsp3) is 0.462. The number of benzene rings is 1. The summed E-state index contributed by atoms with van der Waals surface area (Å²) in [4.78, 5) is 10.9. The van der Waals surface area contributed by atoms with Crippen molar-refractivity contribution in [2.75, 3.05) is 0 Å². The van der Waals surface area contributed by atoms with Gasteiger partial charge in [-0.3, -0.25) is 4.79 Å². The monoisotopic (exact) mass is 206 g/mol. The third-order valence-corrected chi connectivity index (χ3v) is 3.23. The Hall–Kier alpha value is -1.31. The quantitative estimate of drug-likeness (QED) is 0.803. The van der Waals surface area contributed by atoms with Crippen LogP contribution in [-0.2, 0) is 10.2 Å². The Labute approximate surface area is 90.9 Å². The molecule has 0 unspecified atom stereocenters. The lowest BCUT2D eigenvalue weighted by molar-refractivity contribution is -0.138. The average molecular weight is 206 g/mol. The zero-order valence-electron chi connectivity index (χ0n) is 9.36. The highest BCUT2D eigenvalue weighted by Crippen LogP contribution is 2.34. The summed E-state index contributed by atoms with van der Waals surface area (Å²) in [5, 5.41) is 8.97. The maximum Gasteiger partial charge on any atom is 0.304 e. The molecule has 0 bridgehead atoms. The van der Waals surface area contributed by atoms with Gasteiger partial charge in [-0.15, -0.1) is 0 Å². The summed E-state index contributed by atoms with van der Waals surface area (Å²) >= 11 is 0. The van der Waals surface area contributed by atoms with Crippen molar-refractivity contribution in [3.8, 4) is 0 Å². The highest BCUT2D eigenvalue weighted by atomic mass is 16.4. The van der Waals surface area contributed by atoms with E-state index in [9.17, 15) is 4.79 Å². The van der Waals surface area contributed by atoms with Crippen LogP contribution < -0.4 is 0 Å². The van der Waals surface area contributed by atoms with Crippen LogP contribution in [-0.4, -0.2) is 11.1 Å². The molecule has 0 saturated heterocycles. The topological polar surface area (TPSA) is 37.3 Å². The molecule has 15 heavy (non-hydrogen) atoms. The smallest absolute Gasteiger partial charge is 0.304 e. The van der Waals surface area contributed by atoms with Crippen molar-refractivity contribution in [3.63, 3.8) is 0 Å². The Bertz CT molecular complexity index is 313. The predicted octanol–water partition coefficient (Wildman–Crippen LogP) is 3.22. The molecule has 0 aliphatic rings. The Morgan fingerprint density at radius 3 is 2.13 bits per heavy atom. The molecule has 0 atom stereocenters. The second-order valence-electron chi connectivity index (χ2n) is 3.92. The first-order chi connectivity index (χ1) is 7.14. The first-order valence-electron chi connectivity index (χ1n) is 5.42. The van der Waals surface area contributed by atoms with Crippen LogP contribution >= 0.6 is 0 Å². The second kappa shape index (κ2) is 4.96. The van der Waals surface area contributed by atoms with E-state index in [-0.39, 0.29) is 11.8 Å². The first-order valence-corrected chi connectivity index (χ1v) is 5.42. The van der Waals surface area contributed by atoms with E-state index in [1.54, 1.807) is 0 Å². The minimum absolute atomic E-state index is 0.201. The third-order valence-electron chi connectivity index (χ3n) is 3.23. The van der Waals surface area contributed by atoms with E-state index in [2.05, 4.69) is 13.8 Å². The number of hydrogen-bond donors (Lipinski definition) is 1. The molecule has 0 spiro atoms. The van der Waals surface area contributed by atoms with Gasteiger partial charge in [0, 0.05) is 5.41 Å². The molecular formula is C13H18O2. The maximum atomic E-state index is 10.9. The van der Waals surface area contributed by atoms with Crippen LogP contribution in [0.15, 0.2) is 30.3 Å². The molecule has 1 rings (SSSR count). The van der Waals surface area contributed by atoms with Crippen molar-refractivity contribution in [3.05, 3.63) is 35.9 Å². The molecule has 1 N–H and O–H groups in total. The SMILES string of the molecule is CCC(CC)(CC(=O)O)c1ccccc1. The molecule has 2 heteroatoms. The molecule has 0 saturated carbocycles. The van der Waals surface area contributed by atoms with E-state index in [4.69, 9.17) is 5.11 Å². The number of carbonyl (C=O) groups is 1. The van der Waals surface area contributed by atoms with E-state index in [1.807, 2.05) is 30.3 Å². The van der Waals surface area contributed by atoms with Crippen molar-refractivity contribution in [1.29, 1.82) is 0 Å². The van der Waals surface area contributed by atoms with Crippen LogP contribution in [0.4, 0.5) is 0 Å². The molecule has 2 nitrogen and oxygen atoms in total. The Morgan fingerprint density at radius 1 is 1.20 bits per heavy atom. The van der Waals surface area contributed by atoms with Gasteiger partial charge in [0.25, 0.3) is 0 Å². The summed E-state index contributed by atoms with van der Waals surface area (Å²) in [7, 11) is 0. The Balaban J connectivity index is 3.05. The summed E-state index contributed by atoms with van der Waals surface area (Å²) in [6.45, 7) is 4.11. The molecule has 0 fully saturated rings. The molecule has 0 radical (unpaired) electrons. The van der Waals surface area contributed by atoms with E-state index in [0.717, 1.165) is 18.4 Å². The summed E-state index contributed by atoms with van der Waals surface area (Å²) < 4.78 is 0. The molecule has 0 amide bonds. The van der Waals surface area contributed by atoms with Crippen LogP contribution in [0.3, 0.4) is 0 Å². The lowest BCUT2D eigenvalue weighted by atomic mass is 9.73. The zero-order valence-corrected chi connectivity index (χ0v) is 9.36. The average Bonchev–Trinajstić information content (AvgIpc) is 2.27. The Kier molecular flexibility index (Phi) is 3.89. The highest BCUT2D eigenvalue weighted by Gasteiger charge is 2.30. The molecule has 82 valence electrons. The van der Waals surface area contributed by atoms with Gasteiger partial charge in [0.2, 0.25) is 0 Å². The molecule has 0 heterocycles. The van der Waals surface area contributed by atoms with Gasteiger partial charge >= 0.3 is 5.97 Å². The molecule has 0 aliphatic carbocycles. The fourth-order valence-electron chi connectivity index (χ4n) is 2.09. The number of carboxylic acids is 1. The normalized spacial score (nSPS) is 11.3. The third kappa shape index (κ3) is 2.58. The van der Waals surface area contributed by atoms with E-state index < -0.39 is 5.97 Å². The van der Waals surface area contributed by atoms with Gasteiger partial charge in [-0.2, -0.15) is 0 Å². The predicted molar refractivity (Wildman–Crippen MR) is 61.0 cm³/mol. The van der Waals surface area contributed by atoms with Gasteiger partial charge in [-0.05, 0) is 18.4 Å². The van der Waals surface area contributed by atoms with Crippen LogP contribution in [0.1, 0.15) is 38.7 Å². The molecule has 1 aromatic rings. The van der Waals surface area contributed by atoms with Crippen molar-refractivity contribution in [2.24, 2.45) is 0 Å². The maximum absolute atomic E-state index is 10.9. The van der Waals surface area contributed by atoms with Crippen molar-refractivity contribution in [2.45, 2.75) is 38.5 Å². The zero-order chi connectivity index (χ0) is 11.3. The second-order valence-corrected chi connectivity index (χ2v) is 3.92. The van der Waals surface area contributed by atoms with Crippen LogP contribution in [0.25, 0.3) is 0 Å². The minimum atomic E-state index is -0.720. The van der Waals surface area contributed by atoms with Crippen LogP contribution in [0.5, 0.6) is 0 Å². The van der Waals surface area contributed by atoms with Gasteiger partial charge in [0.15, 0.2) is 0 Å². The summed E-state index contributed by atoms with van der Waals surface area (Å²) in [6.07, 6.45) is 1.93. The van der Waals surface area contributed by atoms with Gasteiger partial charge in [0.05, 0.1) is 6.42 Å². The van der Waals surface area contributed by atoms with Gasteiger partial charge in [0.1, 0.15) is 0 Å². The molecule has 0 aliphatic heterocycles. The lowest BCUT2D eigenvalue weighted by Gasteiger charge is -2.30. The highest BCUT2D eigenvalue weighted by molar-refractivity contribution is 5.69. The van der Waals surface area contributed by atoms with Crippen LogP contribution in [0.2, 0.25) is 0 Å². The van der Waals surface area contributed by atoms with Gasteiger partial charge in [-0.25, -0.2) is 0 Å². The number of rotatable bonds is 5. The summed E-state index contributed by atoms with van der Waals surface area (Å²) in [6, 6.07) is 9.95. The van der Waals surface area contributed by atoms with Crippen molar-refractivity contribution >= 4 is 5.97 Å². The molecule has 1 aromatic carbocycles. The van der Waals surface area contributed by atoms with Crippen molar-refractivity contribution in [1.82, 2.24) is 0 Å². The number of hydrogen-bond acceptors (Lipinski definition) is 1. The molecular weight excluding hydrogens is 188 g/mol. The fourth-order valence-corrected chi connectivity index (χ4v) is 2.09. The van der Waals surface area contributed by atoms with Crippen LogP contribution in [0, 0.1) is 0 Å².